The Kier molecular flexibility index (Phi) is 6.39. The molecule has 2 heterocycles. The van der Waals surface area contributed by atoms with Crippen LogP contribution in [0.2, 0.25) is 0 Å². The van der Waals surface area contributed by atoms with Crippen LogP contribution in [-0.2, 0) is 0 Å². The van der Waals surface area contributed by atoms with E-state index in [0.717, 1.165) is 44.6 Å². The van der Waals surface area contributed by atoms with Crippen molar-refractivity contribution >= 4 is 81.3 Å². The van der Waals surface area contributed by atoms with Gasteiger partial charge in [0.1, 0.15) is 11.2 Å². The van der Waals surface area contributed by atoms with E-state index >= 15 is 0 Å². The topological polar surface area (TPSA) is 16.4 Å². The Morgan fingerprint density at radius 3 is 2.00 bits per heavy atom. The fourth-order valence-corrected chi connectivity index (χ4v) is 8.44. The molecule has 8 aromatic carbocycles. The molecule has 0 saturated carbocycles. The number of furan rings is 1. The SMILES string of the molecule is c1ccc(-c2ccc(-c3cccc4ccccc34)cc2N(c2ccc3c(c2)oc2ccccc23)c2ccc3sc4ccccc4c3c2)cc1. The molecule has 0 bridgehead atoms. The lowest BCUT2D eigenvalue weighted by Crippen LogP contribution is -2.11. The van der Waals surface area contributed by atoms with Gasteiger partial charge in [0.15, 0.2) is 0 Å². The molecule has 10 aromatic rings. The Morgan fingerprint density at radius 2 is 1.08 bits per heavy atom. The lowest BCUT2D eigenvalue weighted by molar-refractivity contribution is 0.669. The maximum absolute atomic E-state index is 6.46. The fraction of sp³-hybridized carbons (Fsp3) is 0. The number of hydrogen-bond donors (Lipinski definition) is 0. The summed E-state index contributed by atoms with van der Waals surface area (Å²) in [6.07, 6.45) is 0. The van der Waals surface area contributed by atoms with Crippen molar-refractivity contribution in [3.8, 4) is 22.3 Å². The first kappa shape index (κ1) is 27.9. The normalized spacial score (nSPS) is 11.7. The third-order valence-electron chi connectivity index (χ3n) is 9.66. The molecule has 0 aliphatic rings. The Labute approximate surface area is 287 Å². The number of nitrogens with zero attached hydrogens (tertiary/aromatic N) is 1. The lowest BCUT2D eigenvalue weighted by atomic mass is 9.94. The van der Waals surface area contributed by atoms with Gasteiger partial charge in [0.25, 0.3) is 0 Å². The van der Waals surface area contributed by atoms with Crippen LogP contribution < -0.4 is 4.90 Å². The molecule has 0 amide bonds. The molecular formula is C46H29NOS. The van der Waals surface area contributed by atoms with Crippen LogP contribution >= 0.6 is 11.3 Å². The summed E-state index contributed by atoms with van der Waals surface area (Å²) in [6.45, 7) is 0. The first-order chi connectivity index (χ1) is 24.3. The maximum atomic E-state index is 6.46. The lowest BCUT2D eigenvalue weighted by Gasteiger charge is -2.29. The molecule has 0 N–H and O–H groups in total. The van der Waals surface area contributed by atoms with Crippen LogP contribution in [0.4, 0.5) is 17.1 Å². The van der Waals surface area contributed by atoms with E-state index < -0.39 is 0 Å². The molecular weight excluding hydrogens is 615 g/mol. The van der Waals surface area contributed by atoms with Crippen LogP contribution in [0, 0.1) is 0 Å². The summed E-state index contributed by atoms with van der Waals surface area (Å²) in [5, 5.41) is 7.26. The van der Waals surface area contributed by atoms with E-state index in [2.05, 4.69) is 169 Å². The number of thiophene rings is 1. The number of hydrogen-bond acceptors (Lipinski definition) is 3. The second-order valence-electron chi connectivity index (χ2n) is 12.5. The molecule has 230 valence electrons. The van der Waals surface area contributed by atoms with Crippen molar-refractivity contribution in [1.82, 2.24) is 0 Å². The Hall–Kier alpha value is -6.16. The van der Waals surface area contributed by atoms with Crippen molar-refractivity contribution in [3.05, 3.63) is 176 Å². The summed E-state index contributed by atoms with van der Waals surface area (Å²) in [5.41, 5.74) is 9.72. The van der Waals surface area contributed by atoms with Crippen molar-refractivity contribution in [2.45, 2.75) is 0 Å². The summed E-state index contributed by atoms with van der Waals surface area (Å²) in [4.78, 5) is 2.41. The highest BCUT2D eigenvalue weighted by molar-refractivity contribution is 7.25. The van der Waals surface area contributed by atoms with Crippen molar-refractivity contribution in [2.75, 3.05) is 4.90 Å². The fourth-order valence-electron chi connectivity index (χ4n) is 7.36. The summed E-state index contributed by atoms with van der Waals surface area (Å²) < 4.78 is 9.04. The van der Waals surface area contributed by atoms with E-state index in [1.165, 1.54) is 47.6 Å². The predicted octanol–water partition coefficient (Wildman–Crippen LogP) is 13.9. The monoisotopic (exact) mass is 643 g/mol. The molecule has 49 heavy (non-hydrogen) atoms. The van der Waals surface area contributed by atoms with E-state index in [1.54, 1.807) is 0 Å². The van der Waals surface area contributed by atoms with Crippen molar-refractivity contribution in [3.63, 3.8) is 0 Å². The van der Waals surface area contributed by atoms with Gasteiger partial charge >= 0.3 is 0 Å². The predicted molar refractivity (Wildman–Crippen MR) is 210 cm³/mol. The minimum absolute atomic E-state index is 0.872. The molecule has 10 rings (SSSR count). The summed E-state index contributed by atoms with van der Waals surface area (Å²) in [6, 6.07) is 63.4. The number of para-hydroxylation sites is 1. The molecule has 0 aliphatic carbocycles. The zero-order chi connectivity index (χ0) is 32.3. The van der Waals surface area contributed by atoms with Crippen LogP contribution in [0.25, 0.3) is 75.1 Å². The van der Waals surface area contributed by atoms with Crippen LogP contribution in [0.3, 0.4) is 0 Å². The molecule has 0 fully saturated rings. The van der Waals surface area contributed by atoms with Gasteiger partial charge < -0.3 is 9.32 Å². The Morgan fingerprint density at radius 1 is 0.388 bits per heavy atom. The molecule has 0 saturated heterocycles. The van der Waals surface area contributed by atoms with Crippen LogP contribution in [0.5, 0.6) is 0 Å². The van der Waals surface area contributed by atoms with Crippen LogP contribution in [0.15, 0.2) is 180 Å². The highest BCUT2D eigenvalue weighted by Gasteiger charge is 2.21. The van der Waals surface area contributed by atoms with Crippen molar-refractivity contribution < 1.29 is 4.42 Å². The van der Waals surface area contributed by atoms with E-state index in [-0.39, 0.29) is 0 Å². The van der Waals surface area contributed by atoms with Crippen molar-refractivity contribution in [1.29, 1.82) is 0 Å². The molecule has 0 unspecified atom stereocenters. The smallest absolute Gasteiger partial charge is 0.137 e. The van der Waals surface area contributed by atoms with E-state index in [9.17, 15) is 0 Å². The number of benzene rings is 8. The van der Waals surface area contributed by atoms with Crippen LogP contribution in [-0.4, -0.2) is 0 Å². The number of fused-ring (bicyclic) bond motifs is 7. The maximum Gasteiger partial charge on any atom is 0.137 e. The first-order valence-electron chi connectivity index (χ1n) is 16.6. The van der Waals surface area contributed by atoms with Gasteiger partial charge in [-0.15, -0.1) is 11.3 Å². The van der Waals surface area contributed by atoms with Gasteiger partial charge in [-0.3, -0.25) is 0 Å². The number of rotatable bonds is 5. The Bertz CT molecular complexity index is 2840. The summed E-state index contributed by atoms with van der Waals surface area (Å²) in [5.74, 6) is 0. The van der Waals surface area contributed by atoms with Gasteiger partial charge in [-0.1, -0.05) is 121 Å². The number of anilines is 3. The summed E-state index contributed by atoms with van der Waals surface area (Å²) >= 11 is 1.85. The van der Waals surface area contributed by atoms with Crippen LogP contribution in [0.1, 0.15) is 0 Å². The van der Waals surface area contributed by atoms with E-state index in [1.807, 2.05) is 23.5 Å². The minimum Gasteiger partial charge on any atom is -0.456 e. The minimum atomic E-state index is 0.872. The Balaban J connectivity index is 1.27. The van der Waals surface area contributed by atoms with Crippen molar-refractivity contribution in [2.24, 2.45) is 0 Å². The van der Waals surface area contributed by atoms with Gasteiger partial charge in [-0.25, -0.2) is 0 Å². The van der Waals surface area contributed by atoms with Gasteiger partial charge in [-0.05, 0) is 76.0 Å². The zero-order valence-electron chi connectivity index (χ0n) is 26.5. The standard InChI is InChI=1S/C46H29NOS/c1-2-11-31(12-3-1)37-24-21-32(36-18-10-14-30-13-4-5-15-35(30)36)27-42(37)47(33-23-26-46-41(28-33)40-17-7-9-20-45(40)49-46)34-22-25-39-38-16-6-8-19-43(38)48-44(39)29-34/h1-29H. The molecule has 3 heteroatoms. The first-order valence-corrected chi connectivity index (χ1v) is 17.4. The zero-order valence-corrected chi connectivity index (χ0v) is 27.3. The third kappa shape index (κ3) is 4.62. The highest BCUT2D eigenvalue weighted by Crippen LogP contribution is 2.46. The second kappa shape index (κ2) is 11.2. The van der Waals surface area contributed by atoms with Gasteiger partial charge in [0.2, 0.25) is 0 Å². The van der Waals surface area contributed by atoms with E-state index in [4.69, 9.17) is 4.42 Å². The largest absolute Gasteiger partial charge is 0.456 e. The van der Waals surface area contributed by atoms with Gasteiger partial charge in [-0.2, -0.15) is 0 Å². The van der Waals surface area contributed by atoms with Gasteiger partial charge in [0.05, 0.1) is 5.69 Å². The molecule has 0 aliphatic heterocycles. The molecule has 2 nitrogen and oxygen atoms in total. The average Bonchev–Trinajstić information content (AvgIpc) is 3.73. The van der Waals surface area contributed by atoms with Gasteiger partial charge in [0, 0.05) is 53.9 Å². The quantitative estimate of drug-likeness (QED) is 0.186. The molecule has 0 radical (unpaired) electrons. The van der Waals surface area contributed by atoms with E-state index in [0.29, 0.717) is 0 Å². The average molecular weight is 644 g/mol. The molecule has 0 atom stereocenters. The summed E-state index contributed by atoms with van der Waals surface area (Å²) in [7, 11) is 0. The second-order valence-corrected chi connectivity index (χ2v) is 13.6. The highest BCUT2D eigenvalue weighted by atomic mass is 32.1. The molecule has 0 spiro atoms. The third-order valence-corrected chi connectivity index (χ3v) is 10.8. The molecule has 2 aromatic heterocycles.